The maximum absolute atomic E-state index is 6.00. The van der Waals surface area contributed by atoms with Gasteiger partial charge in [-0.15, -0.1) is 10.2 Å². The Bertz CT molecular complexity index is 744. The molecule has 0 saturated carbocycles. The third-order valence-corrected chi connectivity index (χ3v) is 3.54. The molecule has 0 radical (unpaired) electrons. The van der Waals surface area contributed by atoms with Crippen LogP contribution in [0.5, 0.6) is 5.88 Å². The van der Waals surface area contributed by atoms with E-state index in [1.807, 2.05) is 35.7 Å². The number of ether oxygens (including phenoxy) is 1. The lowest BCUT2D eigenvalue weighted by Gasteiger charge is -2.07. The SMILES string of the molecule is CCOc1ncnc(Sc2nnc3ccccn23)c1N. The van der Waals surface area contributed by atoms with E-state index in [1.54, 1.807) is 0 Å². The van der Waals surface area contributed by atoms with Crippen LogP contribution in [0.1, 0.15) is 6.92 Å². The zero-order valence-electron chi connectivity index (χ0n) is 10.7. The summed E-state index contributed by atoms with van der Waals surface area (Å²) >= 11 is 1.32. The first kappa shape index (κ1) is 12.7. The van der Waals surface area contributed by atoms with E-state index in [-0.39, 0.29) is 0 Å². The Labute approximate surface area is 119 Å². The maximum atomic E-state index is 6.00. The first-order chi connectivity index (χ1) is 9.79. The summed E-state index contributed by atoms with van der Waals surface area (Å²) in [6.07, 6.45) is 3.31. The molecule has 0 atom stereocenters. The lowest BCUT2D eigenvalue weighted by atomic mass is 10.5. The minimum Gasteiger partial charge on any atom is -0.476 e. The van der Waals surface area contributed by atoms with Gasteiger partial charge in [0.1, 0.15) is 17.0 Å². The topological polar surface area (TPSA) is 91.2 Å². The van der Waals surface area contributed by atoms with E-state index in [4.69, 9.17) is 10.5 Å². The molecule has 102 valence electrons. The maximum Gasteiger partial charge on any atom is 0.241 e. The number of fused-ring (bicyclic) bond motifs is 1. The Morgan fingerprint density at radius 2 is 2.20 bits per heavy atom. The molecule has 3 aromatic rings. The Kier molecular flexibility index (Phi) is 3.38. The molecule has 0 aliphatic carbocycles. The van der Waals surface area contributed by atoms with Crippen molar-refractivity contribution in [3.05, 3.63) is 30.7 Å². The Morgan fingerprint density at radius 1 is 1.30 bits per heavy atom. The van der Waals surface area contributed by atoms with Gasteiger partial charge in [0.15, 0.2) is 5.65 Å². The van der Waals surface area contributed by atoms with Crippen molar-refractivity contribution in [1.29, 1.82) is 0 Å². The second-order valence-electron chi connectivity index (χ2n) is 3.84. The van der Waals surface area contributed by atoms with E-state index in [9.17, 15) is 0 Å². The molecule has 0 amide bonds. The molecule has 0 fully saturated rings. The van der Waals surface area contributed by atoms with Crippen LogP contribution < -0.4 is 10.5 Å². The van der Waals surface area contributed by atoms with Crippen LogP contribution in [0.15, 0.2) is 40.9 Å². The van der Waals surface area contributed by atoms with Crippen molar-refractivity contribution in [3.8, 4) is 5.88 Å². The summed E-state index contributed by atoms with van der Waals surface area (Å²) in [6.45, 7) is 2.37. The van der Waals surface area contributed by atoms with Crippen LogP contribution in [-0.4, -0.2) is 31.2 Å². The number of nitrogen functional groups attached to an aromatic ring is 1. The van der Waals surface area contributed by atoms with Gasteiger partial charge < -0.3 is 10.5 Å². The van der Waals surface area contributed by atoms with Gasteiger partial charge in [0.05, 0.1) is 6.61 Å². The fourth-order valence-electron chi connectivity index (χ4n) is 1.67. The van der Waals surface area contributed by atoms with Gasteiger partial charge in [0.25, 0.3) is 0 Å². The molecule has 20 heavy (non-hydrogen) atoms. The summed E-state index contributed by atoms with van der Waals surface area (Å²) < 4.78 is 7.22. The number of hydrogen-bond acceptors (Lipinski definition) is 7. The van der Waals surface area contributed by atoms with E-state index in [1.165, 1.54) is 18.1 Å². The van der Waals surface area contributed by atoms with Crippen LogP contribution in [0.2, 0.25) is 0 Å². The first-order valence-electron chi connectivity index (χ1n) is 6.00. The molecule has 3 aromatic heterocycles. The van der Waals surface area contributed by atoms with Crippen LogP contribution in [0.3, 0.4) is 0 Å². The van der Waals surface area contributed by atoms with Gasteiger partial charge in [-0.3, -0.25) is 4.40 Å². The number of hydrogen-bond donors (Lipinski definition) is 1. The summed E-state index contributed by atoms with van der Waals surface area (Å²) in [5, 5.41) is 9.49. The summed E-state index contributed by atoms with van der Waals surface area (Å²) in [6, 6.07) is 5.70. The van der Waals surface area contributed by atoms with Gasteiger partial charge in [-0.25, -0.2) is 4.98 Å². The highest BCUT2D eigenvalue weighted by Crippen LogP contribution is 2.32. The number of pyridine rings is 1. The van der Waals surface area contributed by atoms with Crippen molar-refractivity contribution >= 4 is 23.1 Å². The molecule has 0 aromatic carbocycles. The summed E-state index contributed by atoms with van der Waals surface area (Å²) in [4.78, 5) is 8.17. The Balaban J connectivity index is 1.97. The van der Waals surface area contributed by atoms with Gasteiger partial charge in [-0.2, -0.15) is 4.98 Å². The Hall–Kier alpha value is -2.35. The van der Waals surface area contributed by atoms with E-state index < -0.39 is 0 Å². The van der Waals surface area contributed by atoms with Crippen molar-refractivity contribution in [1.82, 2.24) is 24.6 Å². The zero-order valence-corrected chi connectivity index (χ0v) is 11.5. The second-order valence-corrected chi connectivity index (χ2v) is 4.80. The standard InChI is InChI=1S/C12H12N6OS/c1-2-19-10-9(13)11(15-7-14-10)20-12-17-16-8-5-3-4-6-18(8)12/h3-7H,2,13H2,1H3. The average molecular weight is 288 g/mol. The van der Waals surface area contributed by atoms with Crippen molar-refractivity contribution in [2.45, 2.75) is 17.1 Å². The molecule has 2 N–H and O–H groups in total. The van der Waals surface area contributed by atoms with Gasteiger partial charge in [0.2, 0.25) is 11.0 Å². The lowest BCUT2D eigenvalue weighted by molar-refractivity contribution is 0.327. The molecule has 0 unspecified atom stereocenters. The number of nitrogens with two attached hydrogens (primary N) is 1. The molecular formula is C12H12N6OS. The highest BCUT2D eigenvalue weighted by atomic mass is 32.2. The average Bonchev–Trinajstić information content (AvgIpc) is 2.87. The monoisotopic (exact) mass is 288 g/mol. The molecule has 3 rings (SSSR count). The number of aromatic nitrogens is 5. The van der Waals surface area contributed by atoms with Gasteiger partial charge in [-0.1, -0.05) is 6.07 Å². The molecule has 0 aliphatic rings. The van der Waals surface area contributed by atoms with Gasteiger partial charge in [-0.05, 0) is 30.8 Å². The third-order valence-electron chi connectivity index (χ3n) is 2.56. The normalized spacial score (nSPS) is 10.8. The Morgan fingerprint density at radius 3 is 3.05 bits per heavy atom. The van der Waals surface area contributed by atoms with E-state index >= 15 is 0 Å². The van der Waals surface area contributed by atoms with Crippen LogP contribution in [0.4, 0.5) is 5.69 Å². The summed E-state index contributed by atoms with van der Waals surface area (Å²) in [7, 11) is 0. The van der Waals surface area contributed by atoms with Crippen LogP contribution >= 0.6 is 11.8 Å². The number of nitrogens with zero attached hydrogens (tertiary/aromatic N) is 5. The van der Waals surface area contributed by atoms with Crippen LogP contribution in [0.25, 0.3) is 5.65 Å². The van der Waals surface area contributed by atoms with E-state index in [0.717, 1.165) is 5.65 Å². The van der Waals surface area contributed by atoms with Gasteiger partial charge >= 0.3 is 0 Å². The smallest absolute Gasteiger partial charge is 0.241 e. The highest BCUT2D eigenvalue weighted by molar-refractivity contribution is 7.99. The predicted octanol–water partition coefficient (Wildman–Crippen LogP) is 1.65. The molecule has 8 heteroatoms. The van der Waals surface area contributed by atoms with E-state index in [2.05, 4.69) is 20.2 Å². The molecule has 3 heterocycles. The zero-order chi connectivity index (χ0) is 13.9. The number of anilines is 1. The minimum atomic E-state index is 0.388. The molecule has 0 saturated heterocycles. The molecular weight excluding hydrogens is 276 g/mol. The lowest BCUT2D eigenvalue weighted by Crippen LogP contribution is -2.02. The first-order valence-corrected chi connectivity index (χ1v) is 6.82. The van der Waals surface area contributed by atoms with Crippen LogP contribution in [-0.2, 0) is 0 Å². The van der Waals surface area contributed by atoms with E-state index in [0.29, 0.717) is 28.4 Å². The predicted molar refractivity (Wildman–Crippen MR) is 74.7 cm³/mol. The second kappa shape index (κ2) is 5.33. The van der Waals surface area contributed by atoms with Gasteiger partial charge in [0, 0.05) is 6.20 Å². The molecule has 0 aliphatic heterocycles. The fourth-order valence-corrected chi connectivity index (χ4v) is 2.48. The molecule has 0 bridgehead atoms. The van der Waals surface area contributed by atoms with Crippen molar-refractivity contribution < 1.29 is 4.74 Å². The van der Waals surface area contributed by atoms with Crippen molar-refractivity contribution in [2.75, 3.05) is 12.3 Å². The minimum absolute atomic E-state index is 0.388. The van der Waals surface area contributed by atoms with Crippen molar-refractivity contribution in [3.63, 3.8) is 0 Å². The molecule has 0 spiro atoms. The van der Waals surface area contributed by atoms with Crippen LogP contribution in [0, 0.1) is 0 Å². The molecule has 7 nitrogen and oxygen atoms in total. The number of rotatable bonds is 4. The largest absolute Gasteiger partial charge is 0.476 e. The van der Waals surface area contributed by atoms with Crippen molar-refractivity contribution in [2.24, 2.45) is 0 Å². The summed E-state index contributed by atoms with van der Waals surface area (Å²) in [5.74, 6) is 0.388. The third kappa shape index (κ3) is 2.25. The highest BCUT2D eigenvalue weighted by Gasteiger charge is 2.14. The fraction of sp³-hybridized carbons (Fsp3) is 0.167. The summed E-state index contributed by atoms with van der Waals surface area (Å²) in [5.41, 5.74) is 7.18. The quantitative estimate of drug-likeness (QED) is 0.730.